The van der Waals surface area contributed by atoms with E-state index >= 15 is 0 Å². The highest BCUT2D eigenvalue weighted by atomic mass is 35.5. The lowest BCUT2D eigenvalue weighted by atomic mass is 10.3. The summed E-state index contributed by atoms with van der Waals surface area (Å²) in [7, 11) is -7.01. The van der Waals surface area contributed by atoms with Gasteiger partial charge in [-0.25, -0.2) is 16.8 Å². The molecule has 1 aliphatic heterocycles. The second kappa shape index (κ2) is 6.27. The van der Waals surface area contributed by atoms with Crippen molar-refractivity contribution in [3.05, 3.63) is 53.6 Å². The Hall–Kier alpha value is -1.77. The lowest BCUT2D eigenvalue weighted by Crippen LogP contribution is -2.25. The van der Waals surface area contributed by atoms with E-state index in [1.54, 1.807) is 24.3 Å². The maximum Gasteiger partial charge on any atom is 0.261 e. The topological polar surface area (TPSA) is 83.6 Å². The van der Waals surface area contributed by atoms with Gasteiger partial charge in [0.15, 0.2) is 0 Å². The molecule has 0 radical (unpaired) electrons. The lowest BCUT2D eigenvalue weighted by molar-refractivity contribution is 0.598. The van der Waals surface area contributed by atoms with Crippen molar-refractivity contribution in [1.29, 1.82) is 0 Å². The fraction of sp³-hybridized carbons (Fsp3) is 0.200. The van der Waals surface area contributed by atoms with E-state index in [0.29, 0.717) is 29.4 Å². The molecule has 0 aliphatic carbocycles. The van der Waals surface area contributed by atoms with Crippen LogP contribution in [0.2, 0.25) is 5.02 Å². The van der Waals surface area contributed by atoms with Gasteiger partial charge in [-0.05, 0) is 48.9 Å². The molecular weight excluding hydrogens is 372 g/mol. The molecule has 128 valence electrons. The summed E-state index contributed by atoms with van der Waals surface area (Å²) in [6, 6.07) is 12.2. The Morgan fingerprint density at radius 3 is 2.38 bits per heavy atom. The van der Waals surface area contributed by atoms with Gasteiger partial charge in [0.1, 0.15) is 0 Å². The van der Waals surface area contributed by atoms with Crippen molar-refractivity contribution in [3.63, 3.8) is 0 Å². The normalized spacial score (nSPS) is 17.0. The molecule has 6 nitrogen and oxygen atoms in total. The molecule has 0 aromatic heterocycles. The summed E-state index contributed by atoms with van der Waals surface area (Å²) in [5, 5.41) is 0.326. The van der Waals surface area contributed by atoms with Crippen LogP contribution in [0.4, 0.5) is 11.4 Å². The smallest absolute Gasteiger partial charge is 0.261 e. The molecule has 0 unspecified atom stereocenters. The summed E-state index contributed by atoms with van der Waals surface area (Å²) in [4.78, 5) is 0.0567. The van der Waals surface area contributed by atoms with Gasteiger partial charge in [-0.1, -0.05) is 17.7 Å². The van der Waals surface area contributed by atoms with Crippen molar-refractivity contribution in [1.82, 2.24) is 0 Å². The Bertz CT molecular complexity index is 957. The van der Waals surface area contributed by atoms with E-state index in [2.05, 4.69) is 4.72 Å². The van der Waals surface area contributed by atoms with Gasteiger partial charge in [0.2, 0.25) is 10.0 Å². The molecule has 0 bridgehead atoms. The van der Waals surface area contributed by atoms with Gasteiger partial charge < -0.3 is 0 Å². The first-order chi connectivity index (χ1) is 11.3. The highest BCUT2D eigenvalue weighted by Gasteiger charge is 2.28. The third-order valence-corrected chi connectivity index (χ3v) is 7.10. The average Bonchev–Trinajstić information content (AvgIpc) is 2.87. The van der Waals surface area contributed by atoms with Crippen molar-refractivity contribution >= 4 is 43.0 Å². The Morgan fingerprint density at radius 1 is 1.08 bits per heavy atom. The Morgan fingerprint density at radius 2 is 1.79 bits per heavy atom. The highest BCUT2D eigenvalue weighted by molar-refractivity contribution is 7.93. The molecule has 9 heteroatoms. The fourth-order valence-electron chi connectivity index (χ4n) is 2.47. The zero-order valence-electron chi connectivity index (χ0n) is 12.5. The first-order valence-corrected chi connectivity index (χ1v) is 10.6. The summed E-state index contributed by atoms with van der Waals surface area (Å²) >= 11 is 5.82. The van der Waals surface area contributed by atoms with Crippen LogP contribution in [-0.4, -0.2) is 29.1 Å². The van der Waals surface area contributed by atoms with E-state index in [9.17, 15) is 16.8 Å². The number of hydrogen-bond donors (Lipinski definition) is 1. The largest absolute Gasteiger partial charge is 0.280 e. The quantitative estimate of drug-likeness (QED) is 0.875. The van der Waals surface area contributed by atoms with Gasteiger partial charge in [-0.15, -0.1) is 0 Å². The van der Waals surface area contributed by atoms with Crippen LogP contribution in [0.3, 0.4) is 0 Å². The highest BCUT2D eigenvalue weighted by Crippen LogP contribution is 2.26. The van der Waals surface area contributed by atoms with Crippen molar-refractivity contribution in [2.24, 2.45) is 0 Å². The first kappa shape index (κ1) is 17.1. The van der Waals surface area contributed by atoms with Gasteiger partial charge in [-0.2, -0.15) is 0 Å². The maximum atomic E-state index is 12.3. The summed E-state index contributed by atoms with van der Waals surface area (Å²) in [5.74, 6) is 0.135. The van der Waals surface area contributed by atoms with Crippen molar-refractivity contribution in [2.75, 3.05) is 21.3 Å². The molecule has 2 aromatic rings. The number of hydrogen-bond acceptors (Lipinski definition) is 4. The molecule has 24 heavy (non-hydrogen) atoms. The Balaban J connectivity index is 1.82. The summed E-state index contributed by atoms with van der Waals surface area (Å²) < 4.78 is 52.2. The average molecular weight is 387 g/mol. The predicted molar refractivity (Wildman–Crippen MR) is 94.5 cm³/mol. The second-order valence-electron chi connectivity index (χ2n) is 5.35. The number of nitrogens with zero attached hydrogens (tertiary/aromatic N) is 1. The molecule has 0 atom stereocenters. The van der Waals surface area contributed by atoms with Crippen LogP contribution in [0.15, 0.2) is 53.4 Å². The zero-order chi connectivity index (χ0) is 17.4. The monoisotopic (exact) mass is 386 g/mol. The van der Waals surface area contributed by atoms with Crippen LogP contribution in [0, 0.1) is 0 Å². The molecule has 0 spiro atoms. The molecule has 1 heterocycles. The van der Waals surface area contributed by atoms with Crippen LogP contribution in [0.25, 0.3) is 0 Å². The zero-order valence-corrected chi connectivity index (χ0v) is 14.9. The van der Waals surface area contributed by atoms with Crippen molar-refractivity contribution in [2.45, 2.75) is 11.3 Å². The summed E-state index contributed by atoms with van der Waals surface area (Å²) in [5.41, 5.74) is 0.869. The molecule has 1 N–H and O–H groups in total. The van der Waals surface area contributed by atoms with Crippen LogP contribution in [0.1, 0.15) is 6.42 Å². The number of rotatable bonds is 4. The molecule has 0 amide bonds. The van der Waals surface area contributed by atoms with Gasteiger partial charge in [0, 0.05) is 17.3 Å². The third kappa shape index (κ3) is 3.50. The minimum Gasteiger partial charge on any atom is -0.280 e. The van der Waals surface area contributed by atoms with Crippen LogP contribution >= 0.6 is 11.6 Å². The van der Waals surface area contributed by atoms with Gasteiger partial charge in [-0.3, -0.25) is 9.03 Å². The molecular formula is C15H15ClN2O4S2. The van der Waals surface area contributed by atoms with Crippen molar-refractivity contribution < 1.29 is 16.8 Å². The van der Waals surface area contributed by atoms with E-state index in [1.807, 2.05) is 0 Å². The Labute approximate surface area is 146 Å². The van der Waals surface area contributed by atoms with E-state index in [1.165, 1.54) is 28.6 Å². The van der Waals surface area contributed by atoms with Crippen LogP contribution in [-0.2, 0) is 20.0 Å². The molecule has 1 fully saturated rings. The van der Waals surface area contributed by atoms with Gasteiger partial charge in [0.05, 0.1) is 16.3 Å². The minimum absolute atomic E-state index is 0.0567. The standard InChI is InChI=1S/C15H15ClN2O4S2/c16-12-3-1-4-15(11-12)24(21,22)17-13-5-7-14(8-6-13)18-9-2-10-23(18,19)20/h1,3-8,11,17H,2,9-10H2. The molecule has 0 saturated carbocycles. The first-order valence-electron chi connectivity index (χ1n) is 7.17. The van der Waals surface area contributed by atoms with Gasteiger partial charge in [0.25, 0.3) is 10.0 Å². The summed E-state index contributed by atoms with van der Waals surface area (Å²) in [6.45, 7) is 0.440. The van der Waals surface area contributed by atoms with E-state index in [0.717, 1.165) is 0 Å². The third-order valence-electron chi connectivity index (χ3n) is 3.61. The van der Waals surface area contributed by atoms with Crippen LogP contribution in [0.5, 0.6) is 0 Å². The molecule has 1 aliphatic rings. The molecule has 1 saturated heterocycles. The number of halogens is 1. The molecule has 2 aromatic carbocycles. The SMILES string of the molecule is O=S(=O)(Nc1ccc(N2CCCS2(=O)=O)cc1)c1cccc(Cl)c1. The second-order valence-corrected chi connectivity index (χ2v) is 9.48. The Kier molecular flexibility index (Phi) is 4.46. The summed E-state index contributed by atoms with van der Waals surface area (Å²) in [6.07, 6.45) is 0.589. The van der Waals surface area contributed by atoms with E-state index in [4.69, 9.17) is 11.6 Å². The lowest BCUT2D eigenvalue weighted by Gasteiger charge is -2.17. The minimum atomic E-state index is -3.76. The number of anilines is 2. The fourth-order valence-corrected chi connectivity index (χ4v) is 5.40. The number of benzene rings is 2. The molecule has 3 rings (SSSR count). The number of sulfonamides is 2. The predicted octanol–water partition coefficient (Wildman–Crippen LogP) is 2.68. The van der Waals surface area contributed by atoms with E-state index in [-0.39, 0.29) is 10.6 Å². The van der Waals surface area contributed by atoms with Crippen LogP contribution < -0.4 is 9.03 Å². The number of nitrogens with one attached hydrogen (secondary N) is 1. The van der Waals surface area contributed by atoms with Gasteiger partial charge >= 0.3 is 0 Å². The maximum absolute atomic E-state index is 12.3. The van der Waals surface area contributed by atoms with Crippen molar-refractivity contribution in [3.8, 4) is 0 Å². The van der Waals surface area contributed by atoms with E-state index < -0.39 is 20.0 Å².